The van der Waals surface area contributed by atoms with Crippen LogP contribution in [-0.2, 0) is 0 Å². The van der Waals surface area contributed by atoms with Gasteiger partial charge in [-0.25, -0.2) is 4.39 Å². The van der Waals surface area contributed by atoms with Gasteiger partial charge in [-0.3, -0.25) is 4.90 Å². The third-order valence-electron chi connectivity index (χ3n) is 4.72. The van der Waals surface area contributed by atoms with Crippen molar-refractivity contribution in [3.8, 4) is 0 Å². The van der Waals surface area contributed by atoms with Crippen LogP contribution in [0.25, 0.3) is 0 Å². The first-order valence-corrected chi connectivity index (χ1v) is 7.70. The largest absolute Gasteiger partial charge is 0.367 e. The van der Waals surface area contributed by atoms with Crippen molar-refractivity contribution in [1.82, 2.24) is 10.2 Å². The zero-order valence-electron chi connectivity index (χ0n) is 12.2. The van der Waals surface area contributed by atoms with Crippen LogP contribution in [0.4, 0.5) is 10.1 Å². The van der Waals surface area contributed by atoms with Gasteiger partial charge in [0.15, 0.2) is 0 Å². The summed E-state index contributed by atoms with van der Waals surface area (Å²) in [4.78, 5) is 4.78. The van der Waals surface area contributed by atoms with Crippen LogP contribution in [0.5, 0.6) is 0 Å². The summed E-state index contributed by atoms with van der Waals surface area (Å²) in [7, 11) is 0. The van der Waals surface area contributed by atoms with Gasteiger partial charge < -0.3 is 10.2 Å². The molecule has 3 rings (SSSR count). The molecule has 1 N–H and O–H groups in total. The molecule has 1 aromatic rings. The average molecular weight is 277 g/mol. The Hall–Kier alpha value is -1.13. The first-order chi connectivity index (χ1) is 9.75. The second-order valence-electron chi connectivity index (χ2n) is 6.01. The van der Waals surface area contributed by atoms with Gasteiger partial charge in [-0.15, -0.1) is 0 Å². The highest BCUT2D eigenvalue weighted by Crippen LogP contribution is 2.23. The predicted molar refractivity (Wildman–Crippen MR) is 80.6 cm³/mol. The molecule has 2 atom stereocenters. The minimum Gasteiger partial charge on any atom is -0.367 e. The van der Waals surface area contributed by atoms with Crippen molar-refractivity contribution in [2.75, 3.05) is 44.2 Å². The number of piperidine rings is 1. The van der Waals surface area contributed by atoms with Crippen LogP contribution < -0.4 is 10.2 Å². The molecule has 0 aromatic heterocycles. The second-order valence-corrected chi connectivity index (χ2v) is 6.01. The fourth-order valence-electron chi connectivity index (χ4n) is 3.55. The topological polar surface area (TPSA) is 18.5 Å². The Morgan fingerprint density at radius 1 is 1.15 bits per heavy atom. The SMILES string of the molecule is CC1CNCCC1N1CCN(c2ccccc2F)CC1. The molecule has 2 heterocycles. The van der Waals surface area contributed by atoms with Gasteiger partial charge in [0.2, 0.25) is 0 Å². The molecule has 0 aliphatic carbocycles. The molecule has 110 valence electrons. The molecule has 4 heteroatoms. The van der Waals surface area contributed by atoms with E-state index in [0.29, 0.717) is 12.0 Å². The molecule has 2 saturated heterocycles. The number of halogens is 1. The van der Waals surface area contributed by atoms with Crippen molar-refractivity contribution in [2.45, 2.75) is 19.4 Å². The van der Waals surface area contributed by atoms with Crippen molar-refractivity contribution in [2.24, 2.45) is 5.92 Å². The van der Waals surface area contributed by atoms with Crippen molar-refractivity contribution in [3.05, 3.63) is 30.1 Å². The standard InChI is InChI=1S/C16H24FN3/c1-13-12-18-7-6-15(13)19-8-10-20(11-9-19)16-5-3-2-4-14(16)17/h2-5,13,15,18H,6-12H2,1H3. The van der Waals surface area contributed by atoms with E-state index in [2.05, 4.69) is 22.0 Å². The lowest BCUT2D eigenvalue weighted by atomic mass is 9.93. The number of rotatable bonds is 2. The Bertz CT molecular complexity index is 443. The minimum atomic E-state index is -0.101. The van der Waals surface area contributed by atoms with E-state index in [1.807, 2.05) is 12.1 Å². The van der Waals surface area contributed by atoms with Crippen molar-refractivity contribution >= 4 is 5.69 Å². The first-order valence-electron chi connectivity index (χ1n) is 7.70. The van der Waals surface area contributed by atoms with Gasteiger partial charge in [0.1, 0.15) is 5.82 Å². The van der Waals surface area contributed by atoms with Gasteiger partial charge in [0.05, 0.1) is 5.69 Å². The molecule has 3 nitrogen and oxygen atoms in total. The van der Waals surface area contributed by atoms with E-state index in [0.717, 1.165) is 45.0 Å². The van der Waals surface area contributed by atoms with E-state index >= 15 is 0 Å². The lowest BCUT2D eigenvalue weighted by molar-refractivity contribution is 0.113. The number of anilines is 1. The van der Waals surface area contributed by atoms with Crippen LogP contribution >= 0.6 is 0 Å². The lowest BCUT2D eigenvalue weighted by Gasteiger charge is -2.44. The minimum absolute atomic E-state index is 0.101. The smallest absolute Gasteiger partial charge is 0.146 e. The van der Waals surface area contributed by atoms with Gasteiger partial charge in [-0.1, -0.05) is 19.1 Å². The van der Waals surface area contributed by atoms with Gasteiger partial charge >= 0.3 is 0 Å². The molecule has 2 aliphatic rings. The molecule has 0 spiro atoms. The second kappa shape index (κ2) is 6.10. The van der Waals surface area contributed by atoms with E-state index in [4.69, 9.17) is 0 Å². The van der Waals surface area contributed by atoms with Crippen LogP contribution in [0, 0.1) is 11.7 Å². The summed E-state index contributed by atoms with van der Waals surface area (Å²) in [6.45, 7) is 8.53. The summed E-state index contributed by atoms with van der Waals surface area (Å²) >= 11 is 0. The number of nitrogens with one attached hydrogen (secondary N) is 1. The lowest BCUT2D eigenvalue weighted by Crippen LogP contribution is -2.55. The van der Waals surface area contributed by atoms with Crippen LogP contribution in [-0.4, -0.2) is 50.2 Å². The zero-order valence-corrected chi connectivity index (χ0v) is 12.2. The summed E-state index contributed by atoms with van der Waals surface area (Å²) in [5.41, 5.74) is 0.755. The molecular formula is C16H24FN3. The number of hydrogen-bond donors (Lipinski definition) is 1. The maximum atomic E-state index is 13.8. The Morgan fingerprint density at radius 3 is 2.60 bits per heavy atom. The average Bonchev–Trinajstić information content (AvgIpc) is 2.49. The van der Waals surface area contributed by atoms with E-state index in [1.165, 1.54) is 6.42 Å². The molecule has 2 aliphatic heterocycles. The summed E-state index contributed by atoms with van der Waals surface area (Å²) in [5, 5.41) is 3.46. The van der Waals surface area contributed by atoms with Crippen LogP contribution in [0.3, 0.4) is 0 Å². The molecule has 2 fully saturated rings. The third kappa shape index (κ3) is 2.81. The summed E-state index contributed by atoms with van der Waals surface area (Å²) in [5.74, 6) is 0.611. The molecule has 20 heavy (non-hydrogen) atoms. The normalized spacial score (nSPS) is 28.6. The number of hydrogen-bond acceptors (Lipinski definition) is 3. The third-order valence-corrected chi connectivity index (χ3v) is 4.72. The van der Waals surface area contributed by atoms with Crippen molar-refractivity contribution < 1.29 is 4.39 Å². The van der Waals surface area contributed by atoms with Crippen LogP contribution in [0.1, 0.15) is 13.3 Å². The number of piperazine rings is 1. The maximum Gasteiger partial charge on any atom is 0.146 e. The van der Waals surface area contributed by atoms with E-state index in [1.54, 1.807) is 12.1 Å². The first kappa shape index (κ1) is 13.8. The van der Waals surface area contributed by atoms with E-state index in [-0.39, 0.29) is 5.82 Å². The van der Waals surface area contributed by atoms with Crippen molar-refractivity contribution in [1.29, 1.82) is 0 Å². The monoisotopic (exact) mass is 277 g/mol. The Balaban J connectivity index is 1.61. The maximum absolute atomic E-state index is 13.8. The highest BCUT2D eigenvalue weighted by molar-refractivity contribution is 5.48. The highest BCUT2D eigenvalue weighted by atomic mass is 19.1. The highest BCUT2D eigenvalue weighted by Gasteiger charge is 2.29. The summed E-state index contributed by atoms with van der Waals surface area (Å²) in [6, 6.07) is 7.80. The quantitative estimate of drug-likeness (QED) is 0.891. The molecule has 0 bridgehead atoms. The predicted octanol–water partition coefficient (Wildman–Crippen LogP) is 1.95. The van der Waals surface area contributed by atoms with E-state index in [9.17, 15) is 4.39 Å². The Labute approximate surface area is 120 Å². The number of nitrogens with zero attached hydrogens (tertiary/aromatic N) is 2. The Morgan fingerprint density at radius 2 is 1.90 bits per heavy atom. The van der Waals surface area contributed by atoms with Gasteiger partial charge in [-0.2, -0.15) is 0 Å². The zero-order chi connectivity index (χ0) is 13.9. The molecule has 1 aromatic carbocycles. The summed E-state index contributed by atoms with van der Waals surface area (Å²) in [6.07, 6.45) is 1.24. The van der Waals surface area contributed by atoms with Crippen molar-refractivity contribution in [3.63, 3.8) is 0 Å². The molecule has 2 unspecified atom stereocenters. The van der Waals surface area contributed by atoms with Crippen LogP contribution in [0.2, 0.25) is 0 Å². The molecular weight excluding hydrogens is 253 g/mol. The molecule has 0 saturated carbocycles. The fourth-order valence-corrected chi connectivity index (χ4v) is 3.55. The number of benzene rings is 1. The molecule has 0 radical (unpaired) electrons. The van der Waals surface area contributed by atoms with Gasteiger partial charge in [0.25, 0.3) is 0 Å². The van der Waals surface area contributed by atoms with Gasteiger partial charge in [0, 0.05) is 32.2 Å². The van der Waals surface area contributed by atoms with Crippen LogP contribution in [0.15, 0.2) is 24.3 Å². The fraction of sp³-hybridized carbons (Fsp3) is 0.625. The summed E-state index contributed by atoms with van der Waals surface area (Å²) < 4.78 is 13.8. The van der Waals surface area contributed by atoms with E-state index < -0.39 is 0 Å². The Kier molecular flexibility index (Phi) is 4.22. The molecule has 0 amide bonds. The number of para-hydroxylation sites is 1. The van der Waals surface area contributed by atoms with Gasteiger partial charge in [-0.05, 0) is 37.6 Å².